The number of rotatable bonds is 13. The van der Waals surface area contributed by atoms with E-state index in [1.807, 2.05) is 37.3 Å². The number of anilines is 5. The van der Waals surface area contributed by atoms with Crippen LogP contribution < -0.4 is 32.0 Å². The molecule has 2 aromatic carbocycles. The van der Waals surface area contributed by atoms with E-state index in [-0.39, 0.29) is 17.2 Å². The van der Waals surface area contributed by atoms with Gasteiger partial charge in [0.15, 0.2) is 0 Å². The zero-order valence-electron chi connectivity index (χ0n) is 35.2. The number of nitrogens with zero attached hydrogens (tertiary/aromatic N) is 5. The van der Waals surface area contributed by atoms with E-state index in [9.17, 15) is 9.59 Å². The molecule has 2 aliphatic heterocycles. The Balaban J connectivity index is 1.12. The lowest BCUT2D eigenvalue weighted by Gasteiger charge is -2.34. The summed E-state index contributed by atoms with van der Waals surface area (Å²) in [6.45, 7) is 10.2. The molecule has 1 atom stereocenters. The fourth-order valence-corrected chi connectivity index (χ4v) is 8.54. The van der Waals surface area contributed by atoms with Gasteiger partial charge in [-0.15, -0.1) is 0 Å². The van der Waals surface area contributed by atoms with Crippen LogP contribution in [0.5, 0.6) is 0 Å². The number of ether oxygens (including phenoxy) is 1. The Morgan fingerprint density at radius 1 is 0.852 bits per heavy atom. The summed E-state index contributed by atoms with van der Waals surface area (Å²) in [6.07, 6.45) is 6.57. The van der Waals surface area contributed by atoms with Crippen LogP contribution in [-0.4, -0.2) is 84.5 Å². The van der Waals surface area contributed by atoms with Crippen molar-refractivity contribution in [3.8, 4) is 0 Å². The molecule has 0 aliphatic carbocycles. The molecule has 2 saturated heterocycles. The maximum Gasteiger partial charge on any atom is 0.259 e. The molecule has 6 heterocycles. The fourth-order valence-electron chi connectivity index (χ4n) is 8.54. The van der Waals surface area contributed by atoms with E-state index in [2.05, 4.69) is 85.3 Å². The molecule has 8 rings (SSSR count). The number of aryl methyl sites for hydroxylation is 2. The number of pyridine rings is 4. The van der Waals surface area contributed by atoms with Gasteiger partial charge in [-0.25, -0.2) is 9.97 Å². The normalized spacial score (nSPS) is 16.5. The number of H-pyrrole nitrogens is 2. The Morgan fingerprint density at radius 2 is 1.49 bits per heavy atom. The number of hydrogen-bond donors (Lipinski definition) is 5. The van der Waals surface area contributed by atoms with E-state index in [1.54, 1.807) is 12.4 Å². The predicted molar refractivity (Wildman–Crippen MR) is 242 cm³/mol. The lowest BCUT2D eigenvalue weighted by molar-refractivity contribution is 0.0532. The number of nitrogens with one attached hydrogen (secondary N) is 5. The fraction of sp³-hybridized carbons (Fsp3) is 0.348. The molecule has 4 aromatic heterocycles. The Bertz CT molecular complexity index is 2740. The molecule has 2 fully saturated rings. The van der Waals surface area contributed by atoms with E-state index in [4.69, 9.17) is 24.4 Å². The van der Waals surface area contributed by atoms with Crippen LogP contribution in [0.3, 0.4) is 0 Å². The molecule has 316 valence electrons. The van der Waals surface area contributed by atoms with Crippen LogP contribution in [0.25, 0.3) is 21.5 Å². The summed E-state index contributed by atoms with van der Waals surface area (Å²) in [5.41, 5.74) is 8.16. The Morgan fingerprint density at radius 3 is 2.15 bits per heavy atom. The number of piperidine rings is 1. The van der Waals surface area contributed by atoms with Gasteiger partial charge in [-0.05, 0) is 148 Å². The lowest BCUT2D eigenvalue weighted by Crippen LogP contribution is -2.41. The largest absolute Gasteiger partial charge is 0.399 e. The minimum atomic E-state index is -0.249. The van der Waals surface area contributed by atoms with Crippen LogP contribution in [0.15, 0.2) is 93.0 Å². The summed E-state index contributed by atoms with van der Waals surface area (Å²) in [7, 11) is 3.02. The number of hydrogen-bond acceptors (Lipinski definition) is 13. The number of aromatic amines is 2. The van der Waals surface area contributed by atoms with Gasteiger partial charge in [-0.1, -0.05) is 16.4 Å². The Labute approximate surface area is 353 Å². The Hall–Kier alpha value is -6.58. The van der Waals surface area contributed by atoms with Crippen LogP contribution in [0.4, 0.5) is 28.7 Å². The molecule has 6 aromatic rings. The average Bonchev–Trinajstić information content (AvgIpc) is 3.25. The van der Waals surface area contributed by atoms with E-state index in [0.717, 1.165) is 78.0 Å². The van der Waals surface area contributed by atoms with Crippen LogP contribution >= 0.6 is 0 Å². The van der Waals surface area contributed by atoms with E-state index in [0.29, 0.717) is 70.6 Å². The monoisotopic (exact) mass is 824 g/mol. The highest BCUT2D eigenvalue weighted by Gasteiger charge is 2.22. The van der Waals surface area contributed by atoms with Crippen molar-refractivity contribution in [1.29, 1.82) is 0 Å². The number of aromatic nitrogens is 4. The van der Waals surface area contributed by atoms with Crippen molar-refractivity contribution >= 4 is 61.7 Å². The molecule has 15 nitrogen and oxygen atoms in total. The summed E-state index contributed by atoms with van der Waals surface area (Å²) in [5, 5.41) is 21.4. The van der Waals surface area contributed by atoms with Crippen molar-refractivity contribution in [3.63, 3.8) is 0 Å². The summed E-state index contributed by atoms with van der Waals surface area (Å²) in [4.78, 5) is 54.8. The molecule has 0 spiro atoms. The summed E-state index contributed by atoms with van der Waals surface area (Å²) >= 11 is 0. The Kier molecular flexibility index (Phi) is 12.4. The number of fused-ring (bicyclic) bond motifs is 2. The standard InChI is InChI=1S/C46H52N10O5/c1-27-22-34(8-11-40(27)56-20-21-61-28(2)26-56)50-44-42-33(15-19-49-46(42)58)25-39(53-44)37(55-60-5)10-6-31-23-35(7-9-36(31)30-12-16-47-17-13-30)51-43-41-32(14-18-48-45(41)57)24-38(52-43)29(3)54-59-4/h7-9,11,14-15,18-19,22-25,28,30,47H,6,10,12-13,16-17,20-21,26H2,1-5H3,(H,48,57)(H,49,58)(H,50,53)(H,51,52). The molecule has 15 heteroatoms. The highest BCUT2D eigenvalue weighted by Crippen LogP contribution is 2.34. The zero-order chi connectivity index (χ0) is 42.5. The number of morpholine rings is 1. The third-order valence-corrected chi connectivity index (χ3v) is 11.5. The smallest absolute Gasteiger partial charge is 0.259 e. The highest BCUT2D eigenvalue weighted by atomic mass is 16.6. The van der Waals surface area contributed by atoms with Crippen molar-refractivity contribution in [2.45, 2.75) is 58.5 Å². The lowest BCUT2D eigenvalue weighted by atomic mass is 9.85. The van der Waals surface area contributed by atoms with Crippen molar-refractivity contribution in [3.05, 3.63) is 122 Å². The molecular weight excluding hydrogens is 773 g/mol. The van der Waals surface area contributed by atoms with Crippen molar-refractivity contribution in [2.75, 3.05) is 62.5 Å². The molecule has 0 amide bonds. The van der Waals surface area contributed by atoms with Gasteiger partial charge in [0.2, 0.25) is 0 Å². The topological polar surface area (TPSA) is 183 Å². The minimum Gasteiger partial charge on any atom is -0.399 e. The first-order valence-corrected chi connectivity index (χ1v) is 20.8. The molecular formula is C46H52N10O5. The summed E-state index contributed by atoms with van der Waals surface area (Å²) in [5.74, 6) is 1.21. The first-order chi connectivity index (χ1) is 29.7. The third kappa shape index (κ3) is 9.12. The molecule has 2 aliphatic rings. The molecule has 5 N–H and O–H groups in total. The average molecular weight is 825 g/mol. The quantitative estimate of drug-likeness (QED) is 0.0597. The van der Waals surface area contributed by atoms with Crippen molar-refractivity contribution < 1.29 is 14.4 Å². The second-order valence-corrected chi connectivity index (χ2v) is 15.7. The maximum atomic E-state index is 13.3. The van der Waals surface area contributed by atoms with Crippen LogP contribution in [0.1, 0.15) is 67.1 Å². The van der Waals surface area contributed by atoms with Gasteiger partial charge in [-0.3, -0.25) is 9.59 Å². The van der Waals surface area contributed by atoms with Gasteiger partial charge in [0.25, 0.3) is 11.1 Å². The van der Waals surface area contributed by atoms with Crippen LogP contribution in [0.2, 0.25) is 0 Å². The van der Waals surface area contributed by atoms with E-state index >= 15 is 0 Å². The summed E-state index contributed by atoms with van der Waals surface area (Å²) in [6, 6.07) is 20.0. The second kappa shape index (κ2) is 18.4. The molecule has 0 radical (unpaired) electrons. The van der Waals surface area contributed by atoms with Crippen molar-refractivity contribution in [1.82, 2.24) is 25.3 Å². The van der Waals surface area contributed by atoms with Gasteiger partial charge in [0, 0.05) is 42.5 Å². The molecule has 1 unspecified atom stereocenters. The molecule has 0 saturated carbocycles. The molecule has 0 bridgehead atoms. The summed E-state index contributed by atoms with van der Waals surface area (Å²) < 4.78 is 5.77. The second-order valence-electron chi connectivity index (χ2n) is 15.7. The van der Waals surface area contributed by atoms with E-state index < -0.39 is 0 Å². The van der Waals surface area contributed by atoms with Gasteiger partial charge < -0.3 is 45.2 Å². The van der Waals surface area contributed by atoms with Gasteiger partial charge in [0.05, 0.1) is 34.9 Å². The van der Waals surface area contributed by atoms with E-state index in [1.165, 1.54) is 19.8 Å². The highest BCUT2D eigenvalue weighted by molar-refractivity contribution is 6.04. The number of oxime groups is 2. The number of benzene rings is 2. The third-order valence-electron chi connectivity index (χ3n) is 11.5. The first kappa shape index (κ1) is 41.2. The van der Waals surface area contributed by atoms with Crippen LogP contribution in [0, 0.1) is 6.92 Å². The minimum absolute atomic E-state index is 0.162. The van der Waals surface area contributed by atoms with Gasteiger partial charge in [-0.2, -0.15) is 0 Å². The predicted octanol–water partition coefficient (Wildman–Crippen LogP) is 7.00. The maximum absolute atomic E-state index is 13.3. The zero-order valence-corrected chi connectivity index (χ0v) is 35.2. The van der Waals surface area contributed by atoms with Crippen molar-refractivity contribution in [2.24, 2.45) is 10.3 Å². The van der Waals surface area contributed by atoms with Gasteiger partial charge in [0.1, 0.15) is 37.3 Å². The van der Waals surface area contributed by atoms with Gasteiger partial charge >= 0.3 is 0 Å². The van der Waals surface area contributed by atoms with Crippen LogP contribution in [-0.2, 0) is 20.8 Å². The SMILES string of the molecule is CON=C(C)c1cc2cc[nH]c(=O)c2c(Nc2ccc(C3CCNCC3)c(CCC(=NOC)c3cc4cc[nH]c(=O)c4c(Nc4ccc(N5CCOC(C)C5)c(C)c4)n3)c2)n1. The first-order valence-electron chi connectivity index (χ1n) is 20.8. The molecule has 61 heavy (non-hydrogen) atoms.